The first-order valence-corrected chi connectivity index (χ1v) is 9.57. The molecule has 26 heavy (non-hydrogen) atoms. The van der Waals surface area contributed by atoms with Crippen LogP contribution < -0.4 is 10.6 Å². The predicted octanol–water partition coefficient (Wildman–Crippen LogP) is 2.31. The molecule has 1 atom stereocenters. The Labute approximate surface area is 156 Å². The first-order chi connectivity index (χ1) is 12.4. The quantitative estimate of drug-likeness (QED) is 0.835. The molecular weight excluding hydrogens is 352 g/mol. The van der Waals surface area contributed by atoms with E-state index in [-0.39, 0.29) is 17.9 Å². The molecule has 2 amide bonds. The van der Waals surface area contributed by atoms with Crippen molar-refractivity contribution in [3.05, 3.63) is 23.0 Å². The van der Waals surface area contributed by atoms with Gasteiger partial charge in [0.2, 0.25) is 11.8 Å². The molecule has 1 aliphatic rings. The van der Waals surface area contributed by atoms with Gasteiger partial charge in [0, 0.05) is 25.5 Å². The number of amides is 2. The van der Waals surface area contributed by atoms with Gasteiger partial charge in [-0.25, -0.2) is 4.98 Å². The monoisotopic (exact) mass is 376 g/mol. The number of rotatable bonds is 5. The van der Waals surface area contributed by atoms with Crippen LogP contribution in [0.15, 0.2) is 11.6 Å². The van der Waals surface area contributed by atoms with Gasteiger partial charge in [-0.1, -0.05) is 6.42 Å². The molecule has 0 saturated carbocycles. The van der Waals surface area contributed by atoms with Gasteiger partial charge in [-0.05, 0) is 26.3 Å². The minimum Gasteiger partial charge on any atom is -0.322 e. The van der Waals surface area contributed by atoms with Crippen LogP contribution in [0.4, 0.5) is 10.8 Å². The fourth-order valence-corrected chi connectivity index (χ4v) is 4.06. The number of piperidine rings is 1. The molecule has 1 aliphatic heterocycles. The van der Waals surface area contributed by atoms with Gasteiger partial charge in [0.05, 0.1) is 29.7 Å². The SMILES string of the molecule is CC(=O)Nc1nc([C@@H]2CCCCN2CC(=O)Nc2cn(C)nc2C)cs1. The first-order valence-electron chi connectivity index (χ1n) is 8.69. The third kappa shape index (κ3) is 4.47. The lowest BCUT2D eigenvalue weighted by molar-refractivity contribution is -0.118. The zero-order valence-electron chi connectivity index (χ0n) is 15.3. The second-order valence-corrected chi connectivity index (χ2v) is 7.45. The summed E-state index contributed by atoms with van der Waals surface area (Å²) in [6.45, 7) is 4.51. The van der Waals surface area contributed by atoms with E-state index in [9.17, 15) is 9.59 Å². The molecule has 2 N–H and O–H groups in total. The van der Waals surface area contributed by atoms with Crippen molar-refractivity contribution in [1.82, 2.24) is 19.7 Å². The predicted molar refractivity (Wildman–Crippen MR) is 101 cm³/mol. The van der Waals surface area contributed by atoms with Gasteiger partial charge >= 0.3 is 0 Å². The van der Waals surface area contributed by atoms with E-state index in [1.807, 2.05) is 19.4 Å². The number of nitrogens with one attached hydrogen (secondary N) is 2. The van der Waals surface area contributed by atoms with Crippen LogP contribution in [0.5, 0.6) is 0 Å². The fraction of sp³-hybridized carbons (Fsp3) is 0.529. The van der Waals surface area contributed by atoms with Gasteiger partial charge in [-0.15, -0.1) is 11.3 Å². The van der Waals surface area contributed by atoms with Gasteiger partial charge in [0.25, 0.3) is 0 Å². The number of aromatic nitrogens is 3. The minimum absolute atomic E-state index is 0.0506. The van der Waals surface area contributed by atoms with E-state index in [1.54, 1.807) is 10.9 Å². The lowest BCUT2D eigenvalue weighted by atomic mass is 10.00. The molecule has 8 nitrogen and oxygen atoms in total. The maximum atomic E-state index is 12.5. The Morgan fingerprint density at radius 2 is 2.15 bits per heavy atom. The topological polar surface area (TPSA) is 92.1 Å². The molecule has 9 heteroatoms. The lowest BCUT2D eigenvalue weighted by Gasteiger charge is -2.34. The van der Waals surface area contributed by atoms with Crippen molar-refractivity contribution < 1.29 is 9.59 Å². The highest BCUT2D eigenvalue weighted by molar-refractivity contribution is 7.13. The van der Waals surface area contributed by atoms with Gasteiger partial charge in [0.15, 0.2) is 5.13 Å². The summed E-state index contributed by atoms with van der Waals surface area (Å²) in [5, 5.41) is 12.5. The Morgan fingerprint density at radius 3 is 2.85 bits per heavy atom. The van der Waals surface area contributed by atoms with Crippen LogP contribution in [0.2, 0.25) is 0 Å². The summed E-state index contributed by atoms with van der Waals surface area (Å²) in [6.07, 6.45) is 4.94. The zero-order chi connectivity index (χ0) is 18.7. The van der Waals surface area contributed by atoms with Gasteiger partial charge in [-0.3, -0.25) is 19.2 Å². The van der Waals surface area contributed by atoms with Crippen LogP contribution in [0.1, 0.15) is 43.6 Å². The number of nitrogens with zero attached hydrogens (tertiary/aromatic N) is 4. The number of hydrogen-bond donors (Lipinski definition) is 2. The van der Waals surface area contributed by atoms with Crippen molar-refractivity contribution in [2.24, 2.45) is 7.05 Å². The van der Waals surface area contributed by atoms with E-state index in [4.69, 9.17) is 0 Å². The van der Waals surface area contributed by atoms with E-state index in [2.05, 4.69) is 25.6 Å². The van der Waals surface area contributed by atoms with Crippen molar-refractivity contribution >= 4 is 34.0 Å². The summed E-state index contributed by atoms with van der Waals surface area (Å²) in [7, 11) is 1.83. The van der Waals surface area contributed by atoms with Crippen LogP contribution in [-0.2, 0) is 16.6 Å². The Morgan fingerprint density at radius 1 is 1.35 bits per heavy atom. The van der Waals surface area contributed by atoms with Crippen LogP contribution in [0.25, 0.3) is 0 Å². The molecule has 0 spiro atoms. The van der Waals surface area contributed by atoms with Crippen molar-refractivity contribution in [2.75, 3.05) is 23.7 Å². The zero-order valence-corrected chi connectivity index (χ0v) is 16.1. The van der Waals surface area contributed by atoms with Crippen molar-refractivity contribution in [1.29, 1.82) is 0 Å². The molecule has 0 aromatic carbocycles. The average molecular weight is 376 g/mol. The fourth-order valence-electron chi connectivity index (χ4n) is 3.26. The third-order valence-corrected chi connectivity index (χ3v) is 5.17. The highest BCUT2D eigenvalue weighted by Crippen LogP contribution is 2.32. The van der Waals surface area contributed by atoms with E-state index in [0.29, 0.717) is 11.7 Å². The standard InChI is InChI=1S/C17H24N6O2S/c1-11-13(8-22(3)21-11)19-16(25)9-23-7-5-4-6-15(23)14-10-26-17(20-14)18-12(2)24/h8,10,15H,4-7,9H2,1-3H3,(H,19,25)(H,18,20,24)/t15-/m0/s1. The molecule has 3 rings (SSSR count). The van der Waals surface area contributed by atoms with Crippen LogP contribution in [0, 0.1) is 6.92 Å². The lowest BCUT2D eigenvalue weighted by Crippen LogP contribution is -2.39. The van der Waals surface area contributed by atoms with Gasteiger partial charge in [-0.2, -0.15) is 5.10 Å². The van der Waals surface area contributed by atoms with Crippen molar-refractivity contribution in [2.45, 2.75) is 39.2 Å². The van der Waals surface area contributed by atoms with Gasteiger partial charge in [0.1, 0.15) is 0 Å². The highest BCUT2D eigenvalue weighted by atomic mass is 32.1. The summed E-state index contributed by atoms with van der Waals surface area (Å²) in [5.74, 6) is -0.178. The Kier molecular flexibility index (Phi) is 5.67. The number of likely N-dealkylation sites (tertiary alicyclic amines) is 1. The molecule has 0 bridgehead atoms. The van der Waals surface area contributed by atoms with Crippen LogP contribution in [0.3, 0.4) is 0 Å². The Hall–Kier alpha value is -2.26. The van der Waals surface area contributed by atoms with E-state index in [1.165, 1.54) is 18.3 Å². The smallest absolute Gasteiger partial charge is 0.238 e. The normalized spacial score (nSPS) is 17.9. The van der Waals surface area contributed by atoms with Crippen LogP contribution >= 0.6 is 11.3 Å². The molecule has 0 aliphatic carbocycles. The second kappa shape index (κ2) is 7.96. The molecule has 140 valence electrons. The van der Waals surface area contributed by atoms with E-state index < -0.39 is 0 Å². The number of carbonyl (C=O) groups excluding carboxylic acids is 2. The minimum atomic E-state index is -0.127. The molecular formula is C17H24N6O2S. The second-order valence-electron chi connectivity index (χ2n) is 6.59. The Balaban J connectivity index is 1.66. The van der Waals surface area contributed by atoms with Crippen molar-refractivity contribution in [3.8, 4) is 0 Å². The molecule has 3 heterocycles. The molecule has 1 fully saturated rings. The Bertz CT molecular complexity index is 799. The highest BCUT2D eigenvalue weighted by Gasteiger charge is 2.28. The van der Waals surface area contributed by atoms with Gasteiger partial charge < -0.3 is 10.6 Å². The summed E-state index contributed by atoms with van der Waals surface area (Å²) in [5.41, 5.74) is 2.46. The summed E-state index contributed by atoms with van der Waals surface area (Å²) in [4.78, 5) is 30.4. The molecule has 2 aromatic heterocycles. The molecule has 0 unspecified atom stereocenters. The first kappa shape index (κ1) is 18.5. The summed E-state index contributed by atoms with van der Waals surface area (Å²) < 4.78 is 1.69. The maximum Gasteiger partial charge on any atom is 0.238 e. The largest absolute Gasteiger partial charge is 0.322 e. The number of hydrogen-bond acceptors (Lipinski definition) is 6. The van der Waals surface area contributed by atoms with Crippen LogP contribution in [-0.4, -0.2) is 44.6 Å². The number of thiazole rings is 1. The number of aryl methyl sites for hydroxylation is 2. The molecule has 2 aromatic rings. The maximum absolute atomic E-state index is 12.5. The summed E-state index contributed by atoms with van der Waals surface area (Å²) in [6, 6.07) is 0.100. The molecule has 1 saturated heterocycles. The third-order valence-electron chi connectivity index (χ3n) is 4.39. The summed E-state index contributed by atoms with van der Waals surface area (Å²) >= 11 is 1.42. The van der Waals surface area contributed by atoms with E-state index >= 15 is 0 Å². The number of carbonyl (C=O) groups is 2. The molecule has 0 radical (unpaired) electrons. The van der Waals surface area contributed by atoms with E-state index in [0.717, 1.165) is 42.9 Å². The average Bonchev–Trinajstić information content (AvgIpc) is 3.14. The van der Waals surface area contributed by atoms with Crippen molar-refractivity contribution in [3.63, 3.8) is 0 Å². The number of anilines is 2.